The molecule has 0 heterocycles. The van der Waals surface area contributed by atoms with Crippen molar-refractivity contribution in [3.05, 3.63) is 92.0 Å². The zero-order valence-electron chi connectivity index (χ0n) is 17.9. The van der Waals surface area contributed by atoms with Gasteiger partial charge in [0.15, 0.2) is 11.5 Å². The lowest BCUT2D eigenvalue weighted by Crippen LogP contribution is -2.10. The fourth-order valence-electron chi connectivity index (χ4n) is 2.76. The smallest absolute Gasteiger partial charge is 0.339 e. The van der Waals surface area contributed by atoms with E-state index in [0.29, 0.717) is 5.56 Å². The summed E-state index contributed by atoms with van der Waals surface area (Å²) in [5.74, 6) is 0.0696. The Hall–Kier alpha value is -4.52. The number of hydrogen-bond donors (Lipinski definition) is 1. The first-order valence-corrected chi connectivity index (χ1v) is 10.9. The van der Waals surface area contributed by atoms with E-state index in [1.807, 2.05) is 6.92 Å². The van der Waals surface area contributed by atoms with Crippen LogP contribution < -0.4 is 14.3 Å². The van der Waals surface area contributed by atoms with Crippen molar-refractivity contribution in [3.8, 4) is 11.5 Å². The predicted octanol–water partition coefficient (Wildman–Crippen LogP) is 4.03. The largest absolute Gasteiger partial charge is 0.493 e. The molecule has 0 spiro atoms. The van der Waals surface area contributed by atoms with Crippen molar-refractivity contribution >= 4 is 33.4 Å². The monoisotopic (exact) mass is 486 g/mol. The number of ether oxygens (including phenoxy) is 1. The van der Waals surface area contributed by atoms with Crippen LogP contribution in [0.5, 0.6) is 11.5 Å². The molecular weight excluding hydrogens is 468 g/mol. The third kappa shape index (κ3) is 5.63. The molecular formula is C21H18N4O8S. The second-order valence-electron chi connectivity index (χ2n) is 6.85. The van der Waals surface area contributed by atoms with E-state index in [-0.39, 0.29) is 22.1 Å². The maximum absolute atomic E-state index is 12.5. The van der Waals surface area contributed by atoms with E-state index in [4.69, 9.17) is 8.92 Å². The molecule has 0 aliphatic rings. The lowest BCUT2D eigenvalue weighted by atomic mass is 10.2. The summed E-state index contributed by atoms with van der Waals surface area (Å²) < 4.78 is 35.5. The van der Waals surface area contributed by atoms with Gasteiger partial charge in [-0.25, -0.2) is 0 Å². The van der Waals surface area contributed by atoms with Crippen LogP contribution in [0.4, 0.5) is 17.1 Å². The molecule has 3 aromatic carbocycles. The zero-order valence-corrected chi connectivity index (χ0v) is 18.7. The molecule has 3 rings (SSSR count). The van der Waals surface area contributed by atoms with Crippen LogP contribution in [0.1, 0.15) is 11.1 Å². The average molecular weight is 486 g/mol. The molecule has 0 amide bonds. The highest BCUT2D eigenvalue weighted by Gasteiger charge is 2.20. The first-order valence-electron chi connectivity index (χ1n) is 9.52. The number of non-ortho nitro benzene ring substituents is 1. The standard InChI is InChI=1S/C21H18N4O8S/c1-14-3-7-17(8-4-14)34(30,31)33-20-10-5-15(11-21(20)32-2)13-22-23-18-9-6-16(24(26)27)12-19(18)25(28)29/h3-13,23H,1-2H3/b22-13-. The highest BCUT2D eigenvalue weighted by atomic mass is 32.2. The number of rotatable bonds is 9. The van der Waals surface area contributed by atoms with Gasteiger partial charge in [-0.15, -0.1) is 0 Å². The van der Waals surface area contributed by atoms with Gasteiger partial charge >= 0.3 is 15.8 Å². The Morgan fingerprint density at radius 1 is 0.941 bits per heavy atom. The molecule has 0 aliphatic heterocycles. The summed E-state index contributed by atoms with van der Waals surface area (Å²) in [6, 6.07) is 13.6. The predicted molar refractivity (Wildman–Crippen MR) is 123 cm³/mol. The van der Waals surface area contributed by atoms with Gasteiger partial charge in [0, 0.05) is 6.07 Å². The van der Waals surface area contributed by atoms with Crippen LogP contribution in [0.15, 0.2) is 70.7 Å². The molecule has 0 saturated heterocycles. The Kier molecular flexibility index (Phi) is 7.06. The van der Waals surface area contributed by atoms with Crippen molar-refractivity contribution in [1.29, 1.82) is 0 Å². The highest BCUT2D eigenvalue weighted by Crippen LogP contribution is 2.31. The summed E-state index contributed by atoms with van der Waals surface area (Å²) in [6.07, 6.45) is 1.30. The van der Waals surface area contributed by atoms with Crippen LogP contribution >= 0.6 is 0 Å². The van der Waals surface area contributed by atoms with Crippen molar-refractivity contribution in [2.24, 2.45) is 5.10 Å². The number of nitrogens with one attached hydrogen (secondary N) is 1. The number of anilines is 1. The Bertz CT molecular complexity index is 1370. The van der Waals surface area contributed by atoms with Crippen LogP contribution in [0.2, 0.25) is 0 Å². The maximum Gasteiger partial charge on any atom is 0.339 e. The third-order valence-electron chi connectivity index (χ3n) is 4.48. The van der Waals surface area contributed by atoms with Crippen molar-refractivity contribution in [2.45, 2.75) is 11.8 Å². The normalized spacial score (nSPS) is 11.2. The summed E-state index contributed by atoms with van der Waals surface area (Å²) in [6.45, 7) is 1.83. The molecule has 0 aromatic heterocycles. The van der Waals surface area contributed by atoms with Crippen LogP contribution in [0.3, 0.4) is 0 Å². The first kappa shape index (κ1) is 24.1. The van der Waals surface area contributed by atoms with Gasteiger partial charge in [-0.3, -0.25) is 25.7 Å². The van der Waals surface area contributed by atoms with Crippen LogP contribution in [-0.2, 0) is 10.1 Å². The number of hydrazone groups is 1. The topological polar surface area (TPSA) is 163 Å². The molecule has 0 unspecified atom stereocenters. The van der Waals surface area contributed by atoms with E-state index >= 15 is 0 Å². The van der Waals surface area contributed by atoms with E-state index in [9.17, 15) is 28.6 Å². The molecule has 0 radical (unpaired) electrons. The number of methoxy groups -OCH3 is 1. The van der Waals surface area contributed by atoms with Gasteiger partial charge in [-0.1, -0.05) is 17.7 Å². The number of nitrogens with zero attached hydrogens (tertiary/aromatic N) is 3. The molecule has 1 N–H and O–H groups in total. The van der Waals surface area contributed by atoms with Gasteiger partial charge in [0.25, 0.3) is 5.69 Å². The minimum atomic E-state index is -4.09. The lowest BCUT2D eigenvalue weighted by Gasteiger charge is -2.11. The lowest BCUT2D eigenvalue weighted by molar-refractivity contribution is -0.393. The van der Waals surface area contributed by atoms with E-state index in [2.05, 4.69) is 10.5 Å². The molecule has 13 heteroatoms. The minimum Gasteiger partial charge on any atom is -0.493 e. The molecule has 0 saturated carbocycles. The van der Waals surface area contributed by atoms with Gasteiger partial charge in [-0.05, 0) is 48.9 Å². The number of nitro benzene ring substituents is 2. The molecule has 176 valence electrons. The van der Waals surface area contributed by atoms with Crippen molar-refractivity contribution in [2.75, 3.05) is 12.5 Å². The number of hydrogen-bond acceptors (Lipinski definition) is 10. The first-order chi connectivity index (χ1) is 16.1. The number of aryl methyl sites for hydroxylation is 1. The molecule has 0 aliphatic carbocycles. The minimum absolute atomic E-state index is 0.0142. The van der Waals surface area contributed by atoms with Gasteiger partial charge in [0.1, 0.15) is 10.6 Å². The molecule has 3 aromatic rings. The van der Waals surface area contributed by atoms with Gasteiger partial charge < -0.3 is 8.92 Å². The Balaban J connectivity index is 1.79. The molecule has 0 atom stereocenters. The quantitative estimate of drug-likeness (QED) is 0.203. The van der Waals surface area contributed by atoms with Crippen LogP contribution in [0.25, 0.3) is 0 Å². The van der Waals surface area contributed by atoms with Crippen molar-refractivity contribution in [3.63, 3.8) is 0 Å². The zero-order chi connectivity index (χ0) is 24.9. The Morgan fingerprint density at radius 2 is 1.65 bits per heavy atom. The summed E-state index contributed by atoms with van der Waals surface area (Å²) in [5.41, 5.74) is 2.81. The van der Waals surface area contributed by atoms with E-state index < -0.39 is 31.3 Å². The molecule has 34 heavy (non-hydrogen) atoms. The summed E-state index contributed by atoms with van der Waals surface area (Å²) >= 11 is 0. The highest BCUT2D eigenvalue weighted by molar-refractivity contribution is 7.87. The van der Waals surface area contributed by atoms with Crippen LogP contribution in [-0.4, -0.2) is 31.6 Å². The fraction of sp³-hybridized carbons (Fsp3) is 0.0952. The SMILES string of the molecule is COc1cc(/C=N\Nc2ccc([N+](=O)[O-])cc2[N+](=O)[O-])ccc1OS(=O)(=O)c1ccc(C)cc1. The van der Waals surface area contributed by atoms with Crippen molar-refractivity contribution in [1.82, 2.24) is 0 Å². The van der Waals surface area contributed by atoms with Gasteiger partial charge in [-0.2, -0.15) is 13.5 Å². The van der Waals surface area contributed by atoms with E-state index in [0.717, 1.165) is 17.7 Å². The average Bonchev–Trinajstić information content (AvgIpc) is 2.80. The fourth-order valence-corrected chi connectivity index (χ4v) is 3.70. The Labute approximate surface area is 193 Å². The summed E-state index contributed by atoms with van der Waals surface area (Å²) in [4.78, 5) is 20.5. The Morgan fingerprint density at radius 3 is 2.26 bits per heavy atom. The molecule has 0 bridgehead atoms. The second-order valence-corrected chi connectivity index (χ2v) is 8.39. The maximum atomic E-state index is 12.5. The number of nitro groups is 2. The third-order valence-corrected chi connectivity index (χ3v) is 5.73. The van der Waals surface area contributed by atoms with E-state index in [1.165, 1.54) is 49.7 Å². The van der Waals surface area contributed by atoms with Gasteiger partial charge in [0.05, 0.1) is 29.2 Å². The summed E-state index contributed by atoms with van der Waals surface area (Å²) in [5, 5.41) is 25.9. The molecule has 12 nitrogen and oxygen atoms in total. The van der Waals surface area contributed by atoms with E-state index in [1.54, 1.807) is 12.1 Å². The van der Waals surface area contributed by atoms with Gasteiger partial charge in [0.2, 0.25) is 0 Å². The second kappa shape index (κ2) is 9.95. The summed E-state index contributed by atoms with van der Waals surface area (Å²) in [7, 11) is -2.76. The molecule has 0 fully saturated rings. The number of benzene rings is 3. The van der Waals surface area contributed by atoms with Crippen LogP contribution in [0, 0.1) is 27.2 Å². The van der Waals surface area contributed by atoms with Crippen molar-refractivity contribution < 1.29 is 27.2 Å².